The number of amides is 2. The van der Waals surface area contributed by atoms with Crippen molar-refractivity contribution in [2.45, 2.75) is 43.0 Å². The van der Waals surface area contributed by atoms with Crippen LogP contribution in [-0.4, -0.2) is 17.9 Å². The van der Waals surface area contributed by atoms with E-state index in [9.17, 15) is 9.59 Å². The first-order valence-electron chi connectivity index (χ1n) is 8.05. The van der Waals surface area contributed by atoms with Crippen LogP contribution in [0.3, 0.4) is 0 Å². The Balaban J connectivity index is 2.28. The Kier molecular flexibility index (Phi) is 6.91. The Labute approximate surface area is 157 Å². The summed E-state index contributed by atoms with van der Waals surface area (Å²) < 4.78 is 0. The molecule has 0 heterocycles. The highest BCUT2D eigenvalue weighted by molar-refractivity contribution is 7.99. The number of carbonyl (C=O) groups is 2. The maximum atomic E-state index is 12.3. The zero-order valence-corrected chi connectivity index (χ0v) is 16.0. The van der Waals surface area contributed by atoms with Crippen LogP contribution in [0.15, 0.2) is 52.3 Å². The number of benzene rings is 2. The summed E-state index contributed by atoms with van der Waals surface area (Å²) >= 11 is 7.41. The van der Waals surface area contributed by atoms with Gasteiger partial charge in [0.25, 0.3) is 5.91 Å². The Bertz CT molecular complexity index is 763. The summed E-state index contributed by atoms with van der Waals surface area (Å²) in [6, 6.07) is 12.9. The number of carbonyl (C=O) groups excluding carboxylic acids is 2. The van der Waals surface area contributed by atoms with Gasteiger partial charge in [-0.3, -0.25) is 9.59 Å². The smallest absolute Gasteiger partial charge is 0.251 e. The first-order chi connectivity index (χ1) is 11.9. The van der Waals surface area contributed by atoms with E-state index in [4.69, 9.17) is 11.6 Å². The Morgan fingerprint density at radius 3 is 2.44 bits per heavy atom. The van der Waals surface area contributed by atoms with Gasteiger partial charge in [-0.2, -0.15) is 0 Å². The second kappa shape index (κ2) is 8.92. The summed E-state index contributed by atoms with van der Waals surface area (Å²) in [7, 11) is 0. The van der Waals surface area contributed by atoms with E-state index in [-0.39, 0.29) is 17.9 Å². The van der Waals surface area contributed by atoms with Crippen molar-refractivity contribution < 1.29 is 9.59 Å². The number of rotatable bonds is 6. The lowest BCUT2D eigenvalue weighted by molar-refractivity contribution is -0.114. The summed E-state index contributed by atoms with van der Waals surface area (Å²) in [6.07, 6.45) is 0.856. The number of hydrogen-bond donors (Lipinski definition) is 2. The minimum atomic E-state index is -0.183. The lowest BCUT2D eigenvalue weighted by atomic mass is 10.1. The molecule has 0 saturated heterocycles. The highest BCUT2D eigenvalue weighted by Gasteiger charge is 2.13. The quantitative estimate of drug-likeness (QED) is 0.747. The van der Waals surface area contributed by atoms with Crippen molar-refractivity contribution in [3.8, 4) is 0 Å². The van der Waals surface area contributed by atoms with E-state index in [1.807, 2.05) is 44.2 Å². The van der Waals surface area contributed by atoms with Crippen molar-refractivity contribution in [1.29, 1.82) is 0 Å². The monoisotopic (exact) mass is 376 g/mol. The molecule has 2 aromatic rings. The standard InChI is InChI=1S/C19H21ClN2O2S/c1-4-12(2)21-19(24)14-5-10-18(17(11-14)22-13(3)23)25-16-8-6-15(20)7-9-16/h5-12H,4H2,1-3H3,(H,21,24)(H,22,23). The summed E-state index contributed by atoms with van der Waals surface area (Å²) in [5.74, 6) is -0.332. The maximum absolute atomic E-state index is 12.3. The average molecular weight is 377 g/mol. The zero-order valence-electron chi connectivity index (χ0n) is 14.4. The molecular weight excluding hydrogens is 356 g/mol. The van der Waals surface area contributed by atoms with Gasteiger partial charge in [0.2, 0.25) is 5.91 Å². The van der Waals surface area contributed by atoms with E-state index in [0.29, 0.717) is 16.3 Å². The number of nitrogens with one attached hydrogen (secondary N) is 2. The molecule has 6 heteroatoms. The van der Waals surface area contributed by atoms with Crippen LogP contribution in [0, 0.1) is 0 Å². The third kappa shape index (κ3) is 5.80. The lowest BCUT2D eigenvalue weighted by Crippen LogP contribution is -2.31. The van der Waals surface area contributed by atoms with Gasteiger partial charge in [-0.1, -0.05) is 30.3 Å². The van der Waals surface area contributed by atoms with Gasteiger partial charge in [0, 0.05) is 33.3 Å². The number of halogens is 1. The molecule has 25 heavy (non-hydrogen) atoms. The van der Waals surface area contributed by atoms with Crippen molar-refractivity contribution in [2.75, 3.05) is 5.32 Å². The van der Waals surface area contributed by atoms with Gasteiger partial charge >= 0.3 is 0 Å². The molecule has 1 atom stereocenters. The summed E-state index contributed by atoms with van der Waals surface area (Å²) in [5, 5.41) is 6.40. The van der Waals surface area contributed by atoms with E-state index >= 15 is 0 Å². The molecule has 2 rings (SSSR count). The highest BCUT2D eigenvalue weighted by atomic mass is 35.5. The average Bonchev–Trinajstić information content (AvgIpc) is 2.57. The molecule has 1 unspecified atom stereocenters. The van der Waals surface area contributed by atoms with Crippen LogP contribution < -0.4 is 10.6 Å². The molecule has 0 bridgehead atoms. The normalized spacial score (nSPS) is 11.7. The van der Waals surface area contributed by atoms with Crippen LogP contribution in [0.2, 0.25) is 5.02 Å². The van der Waals surface area contributed by atoms with Crippen molar-refractivity contribution in [2.24, 2.45) is 0 Å². The van der Waals surface area contributed by atoms with Gasteiger partial charge in [0.05, 0.1) is 5.69 Å². The van der Waals surface area contributed by atoms with Crippen molar-refractivity contribution >= 4 is 40.9 Å². The minimum Gasteiger partial charge on any atom is -0.350 e. The fraction of sp³-hybridized carbons (Fsp3) is 0.263. The maximum Gasteiger partial charge on any atom is 0.251 e. The first-order valence-corrected chi connectivity index (χ1v) is 9.24. The molecule has 2 N–H and O–H groups in total. The second-order valence-corrected chi connectivity index (χ2v) is 7.28. The second-order valence-electron chi connectivity index (χ2n) is 5.73. The molecule has 0 aliphatic carbocycles. The van der Waals surface area contributed by atoms with Gasteiger partial charge in [0.15, 0.2) is 0 Å². The molecule has 132 valence electrons. The third-order valence-electron chi connectivity index (χ3n) is 3.58. The van der Waals surface area contributed by atoms with Crippen LogP contribution in [0.25, 0.3) is 0 Å². The van der Waals surface area contributed by atoms with Crippen molar-refractivity contribution in [3.63, 3.8) is 0 Å². The highest BCUT2D eigenvalue weighted by Crippen LogP contribution is 2.34. The number of hydrogen-bond acceptors (Lipinski definition) is 3. The molecule has 0 aliphatic heterocycles. The molecule has 0 fully saturated rings. The molecule has 0 radical (unpaired) electrons. The van der Waals surface area contributed by atoms with Gasteiger partial charge in [0.1, 0.15) is 0 Å². The van der Waals surface area contributed by atoms with Gasteiger partial charge < -0.3 is 10.6 Å². The predicted molar refractivity (Wildman–Crippen MR) is 104 cm³/mol. The van der Waals surface area contributed by atoms with Crippen molar-refractivity contribution in [3.05, 3.63) is 53.1 Å². The van der Waals surface area contributed by atoms with E-state index < -0.39 is 0 Å². The molecule has 0 aliphatic rings. The molecule has 4 nitrogen and oxygen atoms in total. The van der Waals surface area contributed by atoms with E-state index in [1.54, 1.807) is 12.1 Å². The molecule has 0 spiro atoms. The topological polar surface area (TPSA) is 58.2 Å². The van der Waals surface area contributed by atoms with E-state index in [0.717, 1.165) is 16.2 Å². The van der Waals surface area contributed by atoms with Crippen LogP contribution in [-0.2, 0) is 4.79 Å². The molecular formula is C19H21ClN2O2S. The Hall–Kier alpha value is -1.98. The first kappa shape index (κ1) is 19.3. The largest absolute Gasteiger partial charge is 0.350 e. The molecule has 0 aromatic heterocycles. The number of anilines is 1. The summed E-state index contributed by atoms with van der Waals surface area (Å²) in [5.41, 5.74) is 1.13. The predicted octanol–water partition coefficient (Wildman–Crippen LogP) is 4.98. The van der Waals surface area contributed by atoms with E-state index in [2.05, 4.69) is 10.6 Å². The van der Waals surface area contributed by atoms with Crippen LogP contribution in [0.4, 0.5) is 5.69 Å². The molecule has 2 amide bonds. The van der Waals surface area contributed by atoms with Gasteiger partial charge in [-0.25, -0.2) is 0 Å². The summed E-state index contributed by atoms with van der Waals surface area (Å²) in [4.78, 5) is 25.7. The van der Waals surface area contributed by atoms with Crippen LogP contribution in [0.1, 0.15) is 37.6 Å². The minimum absolute atomic E-state index is 0.0971. The SMILES string of the molecule is CCC(C)NC(=O)c1ccc(Sc2ccc(Cl)cc2)c(NC(C)=O)c1. The zero-order chi connectivity index (χ0) is 18.4. The van der Waals surface area contributed by atoms with Crippen LogP contribution >= 0.6 is 23.4 Å². The fourth-order valence-corrected chi connectivity index (χ4v) is 3.09. The summed E-state index contributed by atoms with van der Waals surface area (Å²) in [6.45, 7) is 5.42. The lowest BCUT2D eigenvalue weighted by Gasteiger charge is -2.14. The van der Waals surface area contributed by atoms with E-state index in [1.165, 1.54) is 18.7 Å². The molecule has 0 saturated carbocycles. The van der Waals surface area contributed by atoms with Gasteiger partial charge in [-0.15, -0.1) is 0 Å². The Morgan fingerprint density at radius 1 is 1.16 bits per heavy atom. The van der Waals surface area contributed by atoms with Crippen molar-refractivity contribution in [1.82, 2.24) is 5.32 Å². The molecule has 2 aromatic carbocycles. The third-order valence-corrected chi connectivity index (χ3v) is 4.92. The van der Waals surface area contributed by atoms with Gasteiger partial charge in [-0.05, 0) is 55.8 Å². The fourth-order valence-electron chi connectivity index (χ4n) is 2.09. The van der Waals surface area contributed by atoms with Crippen LogP contribution in [0.5, 0.6) is 0 Å². The Morgan fingerprint density at radius 2 is 1.84 bits per heavy atom.